The molecule has 0 saturated heterocycles. The van der Waals surface area contributed by atoms with E-state index in [1.807, 2.05) is 25.1 Å². The predicted molar refractivity (Wildman–Crippen MR) is 157 cm³/mol. The molecule has 0 saturated carbocycles. The number of nitriles is 1. The Labute approximate surface area is 246 Å². The number of ketones is 1. The number of thiazole rings is 1. The lowest BCUT2D eigenvalue weighted by Gasteiger charge is -2.37. The largest absolute Gasteiger partial charge is 0.494 e. The Morgan fingerprint density at radius 2 is 2.20 bits per heavy atom. The van der Waals surface area contributed by atoms with E-state index >= 15 is 0 Å². The molecule has 14 heteroatoms. The molecule has 0 spiro atoms. The second-order valence-corrected chi connectivity index (χ2v) is 12.3. The molecule has 3 aromatic heterocycles. The summed E-state index contributed by atoms with van der Waals surface area (Å²) in [6.07, 6.45) is 3.15. The number of aromatic nitrogens is 3. The van der Waals surface area contributed by atoms with Crippen molar-refractivity contribution in [2.45, 2.75) is 36.4 Å². The van der Waals surface area contributed by atoms with E-state index in [1.54, 1.807) is 17.0 Å². The molecule has 11 nitrogen and oxygen atoms in total. The van der Waals surface area contributed by atoms with Gasteiger partial charge in [-0.3, -0.25) is 14.5 Å². The third-order valence-electron chi connectivity index (χ3n) is 6.57. The molecule has 4 aromatic rings. The highest BCUT2D eigenvalue weighted by Crippen LogP contribution is 2.47. The molecular formula is C27H23N7O4S3. The van der Waals surface area contributed by atoms with Gasteiger partial charge in [-0.15, -0.1) is 10.2 Å². The summed E-state index contributed by atoms with van der Waals surface area (Å²) in [5.41, 5.74) is 8.75. The maximum absolute atomic E-state index is 13.1. The van der Waals surface area contributed by atoms with Crippen LogP contribution in [0.1, 0.15) is 37.9 Å². The molecule has 1 amide bonds. The highest BCUT2D eigenvalue weighted by molar-refractivity contribution is 8.01. The molecule has 0 radical (unpaired) electrons. The monoisotopic (exact) mass is 605 g/mol. The number of benzene rings is 1. The fourth-order valence-electron chi connectivity index (χ4n) is 4.89. The number of nitrogens with two attached hydrogens (primary N) is 1. The van der Waals surface area contributed by atoms with Gasteiger partial charge in [-0.1, -0.05) is 34.4 Å². The van der Waals surface area contributed by atoms with E-state index in [0.29, 0.717) is 57.5 Å². The number of fused-ring (bicyclic) bond motifs is 1. The SMILES string of the molecule is CCOc1ccc2nc(NC(=O)CSc3nnc(N4C(N)=C(C#N)C(c5ccco5)C5=C4CCCC5=O)s3)sc2c1. The maximum atomic E-state index is 13.1. The van der Waals surface area contributed by atoms with E-state index in [4.69, 9.17) is 14.9 Å². The number of hydrogen-bond donors (Lipinski definition) is 2. The zero-order chi connectivity index (χ0) is 28.5. The number of allylic oxidation sites excluding steroid dienone is 3. The van der Waals surface area contributed by atoms with Gasteiger partial charge in [0.2, 0.25) is 11.0 Å². The number of Topliss-reactive ketones (excluding diaryl/α,β-unsaturated/α-hetero) is 1. The van der Waals surface area contributed by atoms with Gasteiger partial charge in [-0.05, 0) is 50.1 Å². The van der Waals surface area contributed by atoms with Crippen LogP contribution in [0.2, 0.25) is 0 Å². The van der Waals surface area contributed by atoms with E-state index < -0.39 is 5.92 Å². The summed E-state index contributed by atoms with van der Waals surface area (Å²) in [7, 11) is 0. The summed E-state index contributed by atoms with van der Waals surface area (Å²) in [4.78, 5) is 31.9. The predicted octanol–water partition coefficient (Wildman–Crippen LogP) is 5.18. The first-order valence-electron chi connectivity index (χ1n) is 12.8. The third kappa shape index (κ3) is 5.19. The highest BCUT2D eigenvalue weighted by Gasteiger charge is 2.42. The van der Waals surface area contributed by atoms with E-state index in [9.17, 15) is 14.9 Å². The van der Waals surface area contributed by atoms with Gasteiger partial charge in [0, 0.05) is 17.7 Å². The van der Waals surface area contributed by atoms with Crippen LogP contribution in [-0.2, 0) is 9.59 Å². The Balaban J connectivity index is 1.19. The lowest BCUT2D eigenvalue weighted by molar-refractivity contribution is -0.116. The van der Waals surface area contributed by atoms with Crippen molar-refractivity contribution in [3.63, 3.8) is 0 Å². The number of thioether (sulfide) groups is 1. The average molecular weight is 606 g/mol. The van der Waals surface area contributed by atoms with Crippen molar-refractivity contribution in [3.8, 4) is 11.8 Å². The van der Waals surface area contributed by atoms with Gasteiger partial charge in [0.15, 0.2) is 15.3 Å². The average Bonchev–Trinajstić information content (AvgIpc) is 3.73. The van der Waals surface area contributed by atoms with Crippen LogP contribution in [0.4, 0.5) is 10.3 Å². The Kier molecular flexibility index (Phi) is 7.48. The summed E-state index contributed by atoms with van der Waals surface area (Å²) >= 11 is 3.84. The van der Waals surface area contributed by atoms with Crippen molar-refractivity contribution in [3.05, 3.63) is 65.0 Å². The molecular weight excluding hydrogens is 583 g/mol. The van der Waals surface area contributed by atoms with Gasteiger partial charge in [-0.2, -0.15) is 5.26 Å². The van der Waals surface area contributed by atoms with Gasteiger partial charge >= 0.3 is 0 Å². The van der Waals surface area contributed by atoms with Gasteiger partial charge < -0.3 is 20.2 Å². The minimum atomic E-state index is -0.659. The molecule has 1 atom stereocenters. The lowest BCUT2D eigenvalue weighted by atomic mass is 9.78. The topological polar surface area (TPSA) is 160 Å². The Morgan fingerprint density at radius 1 is 1.32 bits per heavy atom. The Bertz CT molecular complexity index is 1750. The van der Waals surface area contributed by atoms with Gasteiger partial charge in [0.05, 0.1) is 46.4 Å². The summed E-state index contributed by atoms with van der Waals surface area (Å²) in [6.45, 7) is 2.49. The van der Waals surface area contributed by atoms with Gasteiger partial charge in [-0.25, -0.2) is 4.98 Å². The van der Waals surface area contributed by atoms with Gasteiger partial charge in [0.25, 0.3) is 0 Å². The zero-order valence-corrected chi connectivity index (χ0v) is 24.2. The minimum Gasteiger partial charge on any atom is -0.494 e. The van der Waals surface area contributed by atoms with Crippen molar-refractivity contribution >= 4 is 66.6 Å². The number of carbonyl (C=O) groups is 2. The molecule has 1 aliphatic carbocycles. The maximum Gasteiger partial charge on any atom is 0.236 e. The first-order chi connectivity index (χ1) is 20.0. The molecule has 208 valence electrons. The molecule has 1 aliphatic heterocycles. The zero-order valence-electron chi connectivity index (χ0n) is 21.7. The van der Waals surface area contributed by atoms with Crippen LogP contribution >= 0.6 is 34.4 Å². The van der Waals surface area contributed by atoms with Crippen molar-refractivity contribution in [2.75, 3.05) is 22.6 Å². The molecule has 6 rings (SSSR count). The molecule has 41 heavy (non-hydrogen) atoms. The van der Waals surface area contributed by atoms with E-state index in [1.165, 1.54) is 40.7 Å². The Morgan fingerprint density at radius 3 is 2.98 bits per heavy atom. The van der Waals surface area contributed by atoms with Crippen LogP contribution in [-0.4, -0.2) is 39.2 Å². The van der Waals surface area contributed by atoms with Crippen molar-refractivity contribution < 1.29 is 18.7 Å². The van der Waals surface area contributed by atoms with Crippen molar-refractivity contribution in [1.29, 1.82) is 5.26 Å². The van der Waals surface area contributed by atoms with E-state index in [2.05, 4.69) is 26.6 Å². The Hall–Kier alpha value is -4.19. The van der Waals surface area contributed by atoms with Crippen LogP contribution in [0.25, 0.3) is 10.2 Å². The second kappa shape index (κ2) is 11.4. The number of ether oxygens (including phenoxy) is 1. The first kappa shape index (κ1) is 27.0. The van der Waals surface area contributed by atoms with Crippen LogP contribution in [0, 0.1) is 11.3 Å². The van der Waals surface area contributed by atoms with Crippen LogP contribution in [0.15, 0.2) is 68.0 Å². The quantitative estimate of drug-likeness (QED) is 0.255. The fraction of sp³-hybridized carbons (Fsp3) is 0.259. The smallest absolute Gasteiger partial charge is 0.236 e. The van der Waals surface area contributed by atoms with Crippen LogP contribution in [0.5, 0.6) is 5.75 Å². The number of carbonyl (C=O) groups excluding carboxylic acids is 2. The second-order valence-electron chi connectivity index (χ2n) is 9.10. The molecule has 1 unspecified atom stereocenters. The summed E-state index contributed by atoms with van der Waals surface area (Å²) in [6, 6.07) is 11.3. The summed E-state index contributed by atoms with van der Waals surface area (Å²) in [5, 5.41) is 22.4. The van der Waals surface area contributed by atoms with Crippen LogP contribution < -0.4 is 20.7 Å². The number of nitrogens with zero attached hydrogens (tertiary/aromatic N) is 5. The molecule has 0 fully saturated rings. The number of rotatable bonds is 8. The van der Waals surface area contributed by atoms with Crippen molar-refractivity contribution in [1.82, 2.24) is 15.2 Å². The summed E-state index contributed by atoms with van der Waals surface area (Å²) in [5.74, 6) is 0.600. The molecule has 0 bridgehead atoms. The minimum absolute atomic E-state index is 0.0438. The van der Waals surface area contributed by atoms with E-state index in [0.717, 1.165) is 16.0 Å². The number of anilines is 2. The highest BCUT2D eigenvalue weighted by atomic mass is 32.2. The standard InChI is InChI=1S/C27H23N7O4S3/c1-2-37-14-8-9-16-20(11-14)40-25(30-16)31-21(36)13-39-27-33-32-26(41-27)34-17-5-3-6-18(35)23(17)22(15(12-28)24(34)29)19-7-4-10-38-19/h4,7-11,22H,2-3,5-6,13,29H2,1H3,(H,30,31,36). The lowest BCUT2D eigenvalue weighted by Crippen LogP contribution is -2.38. The molecule has 1 aromatic carbocycles. The van der Waals surface area contributed by atoms with Crippen molar-refractivity contribution in [2.24, 2.45) is 5.73 Å². The van der Waals surface area contributed by atoms with Crippen LogP contribution in [0.3, 0.4) is 0 Å². The normalized spacial score (nSPS) is 17.1. The third-order valence-corrected chi connectivity index (χ3v) is 9.55. The number of amides is 1. The molecule has 4 heterocycles. The number of nitrogens with one attached hydrogen (secondary N) is 1. The molecule has 2 aliphatic rings. The molecule has 3 N–H and O–H groups in total. The first-order valence-corrected chi connectivity index (χ1v) is 15.4. The summed E-state index contributed by atoms with van der Waals surface area (Å²) < 4.78 is 12.6. The fourth-order valence-corrected chi connectivity index (χ4v) is 7.48. The van der Waals surface area contributed by atoms with Gasteiger partial charge in [0.1, 0.15) is 17.3 Å². The van der Waals surface area contributed by atoms with E-state index in [-0.39, 0.29) is 28.8 Å². The number of furan rings is 1. The number of hydrogen-bond acceptors (Lipinski definition) is 13.